The van der Waals surface area contributed by atoms with Crippen molar-refractivity contribution >= 4 is 39.0 Å². The Balaban J connectivity index is 1.99. The third-order valence-corrected chi connectivity index (χ3v) is 5.47. The minimum absolute atomic E-state index is 0.00290. The smallest absolute Gasteiger partial charge is 0.240 e. The first-order valence-corrected chi connectivity index (χ1v) is 9.08. The zero-order valence-electron chi connectivity index (χ0n) is 12.3. The first-order chi connectivity index (χ1) is 10.8. The molecule has 2 aromatic carbocycles. The molecule has 0 fully saturated rings. The number of benzene rings is 2. The van der Waals surface area contributed by atoms with Gasteiger partial charge in [0.05, 0.1) is 14.9 Å². The second kappa shape index (κ2) is 7.45. The highest BCUT2D eigenvalue weighted by Gasteiger charge is 2.14. The standard InChI is InChI=1S/C16H15Cl2NO3S/c1-11(20)13-4-2-12(3-5-13)8-9-19-23(21,22)14-6-7-15(17)16(18)10-14/h2-7,10,19H,8-9H2,1H3. The van der Waals surface area contributed by atoms with Crippen LogP contribution in [-0.4, -0.2) is 20.7 Å². The van der Waals surface area contributed by atoms with Gasteiger partial charge in [0, 0.05) is 12.1 Å². The van der Waals surface area contributed by atoms with E-state index in [4.69, 9.17) is 23.2 Å². The van der Waals surface area contributed by atoms with E-state index in [0.717, 1.165) is 5.56 Å². The normalized spacial score (nSPS) is 11.4. The molecule has 0 radical (unpaired) electrons. The van der Waals surface area contributed by atoms with Gasteiger partial charge in [-0.3, -0.25) is 4.79 Å². The third kappa shape index (κ3) is 4.78. The lowest BCUT2D eigenvalue weighted by molar-refractivity contribution is 0.101. The van der Waals surface area contributed by atoms with E-state index in [-0.39, 0.29) is 22.2 Å². The Morgan fingerprint density at radius 1 is 1.04 bits per heavy atom. The van der Waals surface area contributed by atoms with Crippen molar-refractivity contribution in [2.24, 2.45) is 0 Å². The van der Waals surface area contributed by atoms with Crippen molar-refractivity contribution in [3.8, 4) is 0 Å². The Hall–Kier alpha value is -1.40. The van der Waals surface area contributed by atoms with Crippen LogP contribution in [0.25, 0.3) is 0 Å². The van der Waals surface area contributed by atoms with E-state index in [0.29, 0.717) is 17.0 Å². The van der Waals surface area contributed by atoms with Crippen LogP contribution in [0.3, 0.4) is 0 Å². The predicted octanol–water partition coefficient (Wildman–Crippen LogP) is 3.72. The molecule has 23 heavy (non-hydrogen) atoms. The highest BCUT2D eigenvalue weighted by Crippen LogP contribution is 2.24. The van der Waals surface area contributed by atoms with Crippen molar-refractivity contribution < 1.29 is 13.2 Å². The number of ketones is 1. The van der Waals surface area contributed by atoms with Gasteiger partial charge < -0.3 is 0 Å². The van der Waals surface area contributed by atoms with Crippen LogP contribution in [0.1, 0.15) is 22.8 Å². The molecule has 0 aromatic heterocycles. The molecule has 0 bridgehead atoms. The van der Waals surface area contributed by atoms with E-state index in [1.54, 1.807) is 12.1 Å². The average Bonchev–Trinajstić information content (AvgIpc) is 2.50. The van der Waals surface area contributed by atoms with Crippen molar-refractivity contribution in [3.05, 3.63) is 63.6 Å². The van der Waals surface area contributed by atoms with Gasteiger partial charge >= 0.3 is 0 Å². The third-order valence-electron chi connectivity index (χ3n) is 3.27. The van der Waals surface area contributed by atoms with Crippen LogP contribution in [0.5, 0.6) is 0 Å². The summed E-state index contributed by atoms with van der Waals surface area (Å²) in [7, 11) is -3.64. The van der Waals surface area contributed by atoms with Crippen molar-refractivity contribution in [2.75, 3.05) is 6.54 Å². The first kappa shape index (κ1) is 17.9. The molecule has 4 nitrogen and oxygen atoms in total. The summed E-state index contributed by atoms with van der Waals surface area (Å²) in [5.74, 6) is -0.00290. The van der Waals surface area contributed by atoms with Crippen LogP contribution >= 0.6 is 23.2 Å². The molecule has 0 unspecified atom stereocenters. The number of hydrogen-bond acceptors (Lipinski definition) is 3. The van der Waals surface area contributed by atoms with E-state index >= 15 is 0 Å². The molecule has 0 aliphatic rings. The second-order valence-corrected chi connectivity index (χ2v) is 7.56. The second-order valence-electron chi connectivity index (χ2n) is 4.98. The van der Waals surface area contributed by atoms with E-state index in [9.17, 15) is 13.2 Å². The maximum Gasteiger partial charge on any atom is 0.240 e. The molecule has 0 aliphatic carbocycles. The molecule has 7 heteroatoms. The Bertz CT molecular complexity index is 818. The van der Waals surface area contributed by atoms with Gasteiger partial charge in [-0.2, -0.15) is 0 Å². The fourth-order valence-corrected chi connectivity index (χ4v) is 3.38. The molecule has 2 rings (SSSR count). The van der Waals surface area contributed by atoms with Gasteiger partial charge in [-0.1, -0.05) is 47.5 Å². The van der Waals surface area contributed by atoms with E-state index in [2.05, 4.69) is 4.72 Å². The quantitative estimate of drug-likeness (QED) is 0.787. The summed E-state index contributed by atoms with van der Waals surface area (Å²) in [6, 6.07) is 11.2. The lowest BCUT2D eigenvalue weighted by atomic mass is 10.1. The Labute approximate surface area is 145 Å². The summed E-state index contributed by atoms with van der Waals surface area (Å²) in [4.78, 5) is 11.3. The minimum atomic E-state index is -3.64. The highest BCUT2D eigenvalue weighted by molar-refractivity contribution is 7.89. The summed E-state index contributed by atoms with van der Waals surface area (Å²) < 4.78 is 26.9. The van der Waals surface area contributed by atoms with Gasteiger partial charge in [0.15, 0.2) is 5.78 Å². The minimum Gasteiger partial charge on any atom is -0.295 e. The summed E-state index contributed by atoms with van der Waals surface area (Å²) in [6.45, 7) is 1.74. The van der Waals surface area contributed by atoms with Crippen LogP contribution in [0.4, 0.5) is 0 Å². The maximum atomic E-state index is 12.2. The van der Waals surface area contributed by atoms with Crippen LogP contribution in [0.2, 0.25) is 10.0 Å². The van der Waals surface area contributed by atoms with Gasteiger partial charge in [-0.15, -0.1) is 0 Å². The van der Waals surface area contributed by atoms with Gasteiger partial charge in [-0.05, 0) is 37.1 Å². The molecule has 122 valence electrons. The van der Waals surface area contributed by atoms with E-state index in [1.165, 1.54) is 25.1 Å². The van der Waals surface area contributed by atoms with Crippen LogP contribution in [0, 0.1) is 0 Å². The number of carbonyl (C=O) groups excluding carboxylic acids is 1. The zero-order valence-corrected chi connectivity index (χ0v) is 14.7. The lowest BCUT2D eigenvalue weighted by Crippen LogP contribution is -2.26. The average molecular weight is 372 g/mol. The maximum absolute atomic E-state index is 12.2. The molecule has 1 N–H and O–H groups in total. The van der Waals surface area contributed by atoms with Gasteiger partial charge in [0.1, 0.15) is 0 Å². The fraction of sp³-hybridized carbons (Fsp3) is 0.188. The van der Waals surface area contributed by atoms with Crippen LogP contribution in [-0.2, 0) is 16.4 Å². The Morgan fingerprint density at radius 2 is 1.70 bits per heavy atom. The molecular formula is C16H15Cl2NO3S. The molecule has 2 aromatic rings. The van der Waals surface area contributed by atoms with Crippen molar-refractivity contribution in [1.29, 1.82) is 0 Å². The topological polar surface area (TPSA) is 63.2 Å². The van der Waals surface area contributed by atoms with Gasteiger partial charge in [0.2, 0.25) is 10.0 Å². The lowest BCUT2D eigenvalue weighted by Gasteiger charge is -2.08. The van der Waals surface area contributed by atoms with Crippen molar-refractivity contribution in [1.82, 2.24) is 4.72 Å². The monoisotopic (exact) mass is 371 g/mol. The molecular weight excluding hydrogens is 357 g/mol. The molecule has 0 heterocycles. The Morgan fingerprint density at radius 3 is 2.26 bits per heavy atom. The SMILES string of the molecule is CC(=O)c1ccc(CCNS(=O)(=O)c2ccc(Cl)c(Cl)c2)cc1. The van der Waals surface area contributed by atoms with Gasteiger partial charge in [-0.25, -0.2) is 13.1 Å². The molecule has 0 aliphatic heterocycles. The number of rotatable bonds is 6. The highest BCUT2D eigenvalue weighted by atomic mass is 35.5. The van der Waals surface area contributed by atoms with Crippen molar-refractivity contribution in [2.45, 2.75) is 18.2 Å². The summed E-state index contributed by atoms with van der Waals surface area (Å²) >= 11 is 11.6. The predicted molar refractivity (Wildman–Crippen MR) is 91.8 cm³/mol. The molecule has 0 amide bonds. The van der Waals surface area contributed by atoms with E-state index < -0.39 is 10.0 Å². The summed E-state index contributed by atoms with van der Waals surface area (Å²) in [5.41, 5.74) is 1.57. The van der Waals surface area contributed by atoms with Crippen LogP contribution < -0.4 is 4.72 Å². The number of sulfonamides is 1. The van der Waals surface area contributed by atoms with Gasteiger partial charge in [0.25, 0.3) is 0 Å². The number of nitrogens with one attached hydrogen (secondary N) is 1. The number of hydrogen-bond donors (Lipinski definition) is 1. The molecule has 0 saturated heterocycles. The number of halogens is 2. The molecule has 0 atom stereocenters. The van der Waals surface area contributed by atoms with E-state index in [1.807, 2.05) is 12.1 Å². The molecule has 0 spiro atoms. The zero-order chi connectivity index (χ0) is 17.0. The number of Topliss-reactive ketones (excluding diaryl/α,β-unsaturated/α-hetero) is 1. The van der Waals surface area contributed by atoms with Crippen molar-refractivity contribution in [3.63, 3.8) is 0 Å². The number of carbonyl (C=O) groups is 1. The Kier molecular flexibility index (Phi) is 5.81. The fourth-order valence-electron chi connectivity index (χ4n) is 1.96. The molecule has 0 saturated carbocycles. The van der Waals surface area contributed by atoms with Crippen LogP contribution in [0.15, 0.2) is 47.4 Å². The first-order valence-electron chi connectivity index (χ1n) is 6.84. The summed E-state index contributed by atoms with van der Waals surface area (Å²) in [6.07, 6.45) is 0.513. The summed E-state index contributed by atoms with van der Waals surface area (Å²) in [5, 5.41) is 0.491. The largest absolute Gasteiger partial charge is 0.295 e.